The van der Waals surface area contributed by atoms with Gasteiger partial charge in [-0.1, -0.05) is 67.6 Å². The Morgan fingerprint density at radius 2 is 1.48 bits per heavy atom. The molecule has 1 aliphatic heterocycles. The molecule has 0 bridgehead atoms. The number of rotatable bonds is 3. The van der Waals surface area contributed by atoms with Crippen molar-refractivity contribution >= 4 is 0 Å². The second-order valence-corrected chi connectivity index (χ2v) is 6.05. The van der Waals surface area contributed by atoms with E-state index in [1.54, 1.807) is 0 Å². The van der Waals surface area contributed by atoms with Gasteiger partial charge >= 0.3 is 0 Å². The van der Waals surface area contributed by atoms with E-state index in [1.165, 1.54) is 11.1 Å². The van der Waals surface area contributed by atoms with Crippen molar-refractivity contribution in [3.63, 3.8) is 0 Å². The summed E-state index contributed by atoms with van der Waals surface area (Å²) < 4.78 is 0. The van der Waals surface area contributed by atoms with Crippen LogP contribution in [0.15, 0.2) is 60.7 Å². The van der Waals surface area contributed by atoms with Gasteiger partial charge in [0, 0.05) is 13.1 Å². The van der Waals surface area contributed by atoms with Gasteiger partial charge in [-0.05, 0) is 23.5 Å². The standard InChI is InChI=1S/C19H23NO/c1-15-14-20(13-12-18(15)21)19(16-8-4-2-5-9-16)17-10-6-3-7-11-17/h2-11,15,18-19,21H,12-14H2,1H3. The Bertz CT molecular complexity index is 515. The van der Waals surface area contributed by atoms with E-state index in [4.69, 9.17) is 0 Å². The lowest BCUT2D eigenvalue weighted by Crippen LogP contribution is -2.44. The number of hydrogen-bond acceptors (Lipinski definition) is 2. The van der Waals surface area contributed by atoms with Gasteiger partial charge in [0.05, 0.1) is 12.1 Å². The molecule has 2 aromatic carbocycles. The molecule has 1 fully saturated rings. The monoisotopic (exact) mass is 281 g/mol. The highest BCUT2D eigenvalue weighted by atomic mass is 16.3. The van der Waals surface area contributed by atoms with Crippen LogP contribution < -0.4 is 0 Å². The van der Waals surface area contributed by atoms with Crippen LogP contribution in [0, 0.1) is 5.92 Å². The lowest BCUT2D eigenvalue weighted by molar-refractivity contribution is 0.0234. The first kappa shape index (κ1) is 14.3. The van der Waals surface area contributed by atoms with Crippen LogP contribution in [0.2, 0.25) is 0 Å². The van der Waals surface area contributed by atoms with Gasteiger partial charge in [0.15, 0.2) is 0 Å². The van der Waals surface area contributed by atoms with E-state index in [-0.39, 0.29) is 12.1 Å². The van der Waals surface area contributed by atoms with Crippen molar-refractivity contribution in [1.29, 1.82) is 0 Å². The normalized spacial score (nSPS) is 23.4. The van der Waals surface area contributed by atoms with Gasteiger partial charge in [-0.2, -0.15) is 0 Å². The first-order valence-electron chi connectivity index (χ1n) is 7.77. The molecular weight excluding hydrogens is 258 g/mol. The van der Waals surface area contributed by atoms with Crippen molar-refractivity contribution in [3.05, 3.63) is 71.8 Å². The Labute approximate surface area is 127 Å². The summed E-state index contributed by atoms with van der Waals surface area (Å²) in [6.45, 7) is 4.03. The smallest absolute Gasteiger partial charge is 0.0601 e. The molecule has 2 aromatic rings. The molecule has 2 heteroatoms. The van der Waals surface area contributed by atoms with E-state index in [9.17, 15) is 5.11 Å². The predicted molar refractivity (Wildman–Crippen MR) is 86.1 cm³/mol. The molecule has 0 saturated carbocycles. The van der Waals surface area contributed by atoms with E-state index < -0.39 is 0 Å². The number of hydrogen-bond donors (Lipinski definition) is 1. The SMILES string of the molecule is CC1CN(C(c2ccccc2)c2ccccc2)CCC1O. The van der Waals surface area contributed by atoms with Crippen LogP contribution in [0.25, 0.3) is 0 Å². The summed E-state index contributed by atoms with van der Waals surface area (Å²) in [4.78, 5) is 2.50. The minimum atomic E-state index is -0.159. The summed E-state index contributed by atoms with van der Waals surface area (Å²) in [5.41, 5.74) is 2.65. The van der Waals surface area contributed by atoms with Gasteiger partial charge in [-0.25, -0.2) is 0 Å². The zero-order chi connectivity index (χ0) is 14.7. The van der Waals surface area contributed by atoms with Crippen molar-refractivity contribution in [2.45, 2.75) is 25.5 Å². The molecule has 0 radical (unpaired) electrons. The van der Waals surface area contributed by atoms with Gasteiger partial charge in [0.1, 0.15) is 0 Å². The van der Waals surface area contributed by atoms with Gasteiger partial charge in [-0.15, -0.1) is 0 Å². The van der Waals surface area contributed by atoms with Crippen LogP contribution >= 0.6 is 0 Å². The quantitative estimate of drug-likeness (QED) is 0.931. The maximum Gasteiger partial charge on any atom is 0.0601 e. The Morgan fingerprint density at radius 3 is 1.95 bits per heavy atom. The molecule has 0 aromatic heterocycles. The highest BCUT2D eigenvalue weighted by molar-refractivity contribution is 5.31. The average molecular weight is 281 g/mol. The highest BCUT2D eigenvalue weighted by Gasteiger charge is 2.30. The molecule has 110 valence electrons. The van der Waals surface area contributed by atoms with Crippen molar-refractivity contribution in [2.75, 3.05) is 13.1 Å². The molecule has 1 saturated heterocycles. The highest BCUT2D eigenvalue weighted by Crippen LogP contribution is 2.32. The molecule has 0 aliphatic carbocycles. The van der Waals surface area contributed by atoms with Crippen LogP contribution in [0.5, 0.6) is 0 Å². The van der Waals surface area contributed by atoms with Gasteiger partial charge in [-0.3, -0.25) is 4.90 Å². The number of likely N-dealkylation sites (tertiary alicyclic amines) is 1. The largest absolute Gasteiger partial charge is 0.393 e. The molecule has 0 amide bonds. The van der Waals surface area contributed by atoms with Crippen molar-refractivity contribution in [3.8, 4) is 0 Å². The Balaban J connectivity index is 1.94. The molecule has 2 atom stereocenters. The fourth-order valence-electron chi connectivity index (χ4n) is 3.28. The lowest BCUT2D eigenvalue weighted by Gasteiger charge is -2.40. The van der Waals surface area contributed by atoms with Crippen LogP contribution in [0.3, 0.4) is 0 Å². The molecule has 1 heterocycles. The minimum Gasteiger partial charge on any atom is -0.393 e. The molecular formula is C19H23NO. The summed E-state index contributed by atoms with van der Waals surface area (Å²) >= 11 is 0. The molecule has 2 nitrogen and oxygen atoms in total. The van der Waals surface area contributed by atoms with Crippen LogP contribution in [-0.4, -0.2) is 29.2 Å². The summed E-state index contributed by atoms with van der Waals surface area (Å²) in [5, 5.41) is 9.99. The number of aliphatic hydroxyl groups is 1. The number of piperidine rings is 1. The Hall–Kier alpha value is -1.64. The summed E-state index contributed by atoms with van der Waals surface area (Å²) in [6.07, 6.45) is 0.700. The zero-order valence-electron chi connectivity index (χ0n) is 12.5. The van der Waals surface area contributed by atoms with Crippen LogP contribution in [-0.2, 0) is 0 Å². The predicted octanol–water partition coefficient (Wildman–Crippen LogP) is 3.48. The van der Waals surface area contributed by atoms with E-state index in [2.05, 4.69) is 72.5 Å². The van der Waals surface area contributed by atoms with Crippen LogP contribution in [0.4, 0.5) is 0 Å². The first-order valence-corrected chi connectivity index (χ1v) is 7.77. The van der Waals surface area contributed by atoms with E-state index >= 15 is 0 Å². The minimum absolute atomic E-state index is 0.159. The van der Waals surface area contributed by atoms with Crippen molar-refractivity contribution < 1.29 is 5.11 Å². The van der Waals surface area contributed by atoms with Gasteiger partial charge in [0.25, 0.3) is 0 Å². The van der Waals surface area contributed by atoms with Crippen molar-refractivity contribution in [1.82, 2.24) is 4.90 Å². The second-order valence-electron chi connectivity index (χ2n) is 6.05. The van der Waals surface area contributed by atoms with E-state index in [0.717, 1.165) is 19.5 Å². The lowest BCUT2D eigenvalue weighted by atomic mass is 9.91. The molecule has 2 unspecified atom stereocenters. The van der Waals surface area contributed by atoms with E-state index in [1.807, 2.05) is 0 Å². The molecule has 0 spiro atoms. The second kappa shape index (κ2) is 6.42. The van der Waals surface area contributed by atoms with Gasteiger partial charge in [0.2, 0.25) is 0 Å². The average Bonchev–Trinajstić information content (AvgIpc) is 2.53. The number of aliphatic hydroxyl groups excluding tert-OH is 1. The maximum absolute atomic E-state index is 9.99. The third-order valence-corrected chi connectivity index (χ3v) is 4.49. The fourth-order valence-corrected chi connectivity index (χ4v) is 3.28. The molecule has 1 N–H and O–H groups in total. The third-order valence-electron chi connectivity index (χ3n) is 4.49. The maximum atomic E-state index is 9.99. The van der Waals surface area contributed by atoms with E-state index in [0.29, 0.717) is 5.92 Å². The zero-order valence-corrected chi connectivity index (χ0v) is 12.5. The Morgan fingerprint density at radius 1 is 0.952 bits per heavy atom. The number of nitrogens with zero attached hydrogens (tertiary/aromatic N) is 1. The van der Waals surface area contributed by atoms with Crippen LogP contribution in [0.1, 0.15) is 30.5 Å². The third kappa shape index (κ3) is 3.17. The first-order chi connectivity index (χ1) is 10.3. The van der Waals surface area contributed by atoms with Gasteiger partial charge < -0.3 is 5.11 Å². The Kier molecular flexibility index (Phi) is 4.37. The molecule has 1 aliphatic rings. The molecule has 21 heavy (non-hydrogen) atoms. The fraction of sp³-hybridized carbons (Fsp3) is 0.368. The number of benzene rings is 2. The molecule has 3 rings (SSSR count). The summed E-state index contributed by atoms with van der Waals surface area (Å²) in [7, 11) is 0. The van der Waals surface area contributed by atoms with Crippen molar-refractivity contribution in [2.24, 2.45) is 5.92 Å². The summed E-state index contributed by atoms with van der Waals surface area (Å²) in [6, 6.07) is 21.6. The topological polar surface area (TPSA) is 23.5 Å². The summed E-state index contributed by atoms with van der Waals surface area (Å²) in [5.74, 6) is 0.327.